The molecule has 0 radical (unpaired) electrons. The quantitative estimate of drug-likeness (QED) is 0.776. The molecule has 3 rings (SSSR count). The second-order valence-electron chi connectivity index (χ2n) is 6.16. The van der Waals surface area contributed by atoms with Crippen LogP contribution in [0.3, 0.4) is 0 Å². The summed E-state index contributed by atoms with van der Waals surface area (Å²) in [6, 6.07) is 4.21. The zero-order chi connectivity index (χ0) is 15.0. The summed E-state index contributed by atoms with van der Waals surface area (Å²) in [5.74, 6) is 1.66. The van der Waals surface area contributed by atoms with E-state index in [9.17, 15) is 0 Å². The van der Waals surface area contributed by atoms with Crippen LogP contribution in [-0.2, 0) is 0 Å². The van der Waals surface area contributed by atoms with E-state index >= 15 is 0 Å². The van der Waals surface area contributed by atoms with Gasteiger partial charge in [0.25, 0.3) is 0 Å². The molecule has 0 saturated heterocycles. The Hall–Kier alpha value is -0.260. The van der Waals surface area contributed by atoms with Crippen LogP contribution in [0.25, 0.3) is 0 Å². The van der Waals surface area contributed by atoms with E-state index in [-0.39, 0.29) is 11.5 Å². The van der Waals surface area contributed by atoms with Crippen LogP contribution in [0.15, 0.2) is 21.1 Å². The Labute approximate surface area is 142 Å². The number of hydrogen-bond donors (Lipinski definition) is 1. The van der Waals surface area contributed by atoms with Crippen molar-refractivity contribution in [1.82, 2.24) is 0 Å². The summed E-state index contributed by atoms with van der Waals surface area (Å²) in [7, 11) is 1.66. The lowest BCUT2D eigenvalue weighted by atomic mass is 9.55. The molecule has 2 aliphatic carbocycles. The minimum atomic E-state index is 0.199. The number of ether oxygens (including phenoxy) is 2. The fraction of sp³-hybridized carbons (Fsp3) is 0.625. The lowest BCUT2D eigenvalue weighted by Crippen LogP contribution is -2.64. The SMILES string of the molecule is COc1cc(Br)c(OC2CC(N)C23CCCCC3)cc1Br. The largest absolute Gasteiger partial charge is 0.496 e. The summed E-state index contributed by atoms with van der Waals surface area (Å²) < 4.78 is 13.4. The highest BCUT2D eigenvalue weighted by molar-refractivity contribution is 9.11. The van der Waals surface area contributed by atoms with Gasteiger partial charge < -0.3 is 15.2 Å². The highest BCUT2D eigenvalue weighted by atomic mass is 79.9. The molecular weight excluding hydrogens is 398 g/mol. The van der Waals surface area contributed by atoms with E-state index in [1.54, 1.807) is 7.11 Å². The van der Waals surface area contributed by atoms with Gasteiger partial charge in [-0.1, -0.05) is 19.3 Å². The van der Waals surface area contributed by atoms with Crippen LogP contribution in [0.5, 0.6) is 11.5 Å². The summed E-state index contributed by atoms with van der Waals surface area (Å²) >= 11 is 7.09. The molecule has 0 bridgehead atoms. The van der Waals surface area contributed by atoms with Crippen molar-refractivity contribution in [3.8, 4) is 11.5 Å². The molecule has 2 saturated carbocycles. The Balaban J connectivity index is 1.79. The van der Waals surface area contributed by atoms with Crippen molar-refractivity contribution in [3.63, 3.8) is 0 Å². The third-order valence-corrected chi connectivity index (χ3v) is 6.35. The maximum Gasteiger partial charge on any atom is 0.135 e. The van der Waals surface area contributed by atoms with E-state index in [0.717, 1.165) is 26.9 Å². The number of benzene rings is 1. The molecule has 1 aromatic carbocycles. The van der Waals surface area contributed by atoms with Gasteiger partial charge in [-0.05, 0) is 56.8 Å². The Morgan fingerprint density at radius 2 is 1.71 bits per heavy atom. The predicted octanol–water partition coefficient (Wildman–Crippen LogP) is 4.65. The van der Waals surface area contributed by atoms with Crippen LogP contribution in [-0.4, -0.2) is 19.3 Å². The standard InChI is InChI=1S/C16H21Br2NO2/c1-20-12-7-11(18)13(8-10(12)17)21-15-9-14(19)16(15)5-3-2-4-6-16/h7-8,14-15H,2-6,9,19H2,1H3. The summed E-state index contributed by atoms with van der Waals surface area (Å²) in [6.45, 7) is 0. The zero-order valence-corrected chi connectivity index (χ0v) is 15.4. The Kier molecular flexibility index (Phi) is 4.53. The number of rotatable bonds is 3. The monoisotopic (exact) mass is 417 g/mol. The van der Waals surface area contributed by atoms with E-state index in [1.165, 1.54) is 32.1 Å². The summed E-state index contributed by atoms with van der Waals surface area (Å²) in [4.78, 5) is 0. The van der Waals surface area contributed by atoms with E-state index < -0.39 is 0 Å². The third kappa shape index (κ3) is 2.73. The molecule has 1 aromatic rings. The third-order valence-electron chi connectivity index (χ3n) is 5.11. The van der Waals surface area contributed by atoms with Gasteiger partial charge in [-0.3, -0.25) is 0 Å². The van der Waals surface area contributed by atoms with Crippen molar-refractivity contribution >= 4 is 31.9 Å². The lowest BCUT2D eigenvalue weighted by Gasteiger charge is -2.56. The van der Waals surface area contributed by atoms with Gasteiger partial charge in [0.1, 0.15) is 17.6 Å². The number of halogens is 2. The predicted molar refractivity (Wildman–Crippen MR) is 90.9 cm³/mol. The topological polar surface area (TPSA) is 44.5 Å². The van der Waals surface area contributed by atoms with Gasteiger partial charge in [0.15, 0.2) is 0 Å². The van der Waals surface area contributed by atoms with Gasteiger partial charge in [0.2, 0.25) is 0 Å². The Bertz CT molecular complexity index is 529. The van der Waals surface area contributed by atoms with E-state index in [2.05, 4.69) is 31.9 Å². The van der Waals surface area contributed by atoms with E-state index in [4.69, 9.17) is 15.2 Å². The first-order valence-corrected chi connectivity index (χ1v) is 9.11. The van der Waals surface area contributed by atoms with Crippen molar-refractivity contribution in [2.24, 2.45) is 11.1 Å². The van der Waals surface area contributed by atoms with Crippen molar-refractivity contribution in [3.05, 3.63) is 21.1 Å². The van der Waals surface area contributed by atoms with Crippen LogP contribution in [0, 0.1) is 5.41 Å². The van der Waals surface area contributed by atoms with Gasteiger partial charge in [0, 0.05) is 17.9 Å². The number of nitrogens with two attached hydrogens (primary N) is 1. The maximum absolute atomic E-state index is 6.32. The molecular formula is C16H21Br2NO2. The first-order valence-electron chi connectivity index (χ1n) is 7.52. The molecule has 2 atom stereocenters. The number of hydrogen-bond acceptors (Lipinski definition) is 3. The van der Waals surface area contributed by atoms with E-state index in [0.29, 0.717) is 6.04 Å². The zero-order valence-electron chi connectivity index (χ0n) is 12.2. The molecule has 3 nitrogen and oxygen atoms in total. The van der Waals surface area contributed by atoms with Crippen molar-refractivity contribution in [2.45, 2.75) is 50.7 Å². The normalized spacial score (nSPS) is 27.2. The average molecular weight is 419 g/mol. The maximum atomic E-state index is 6.32. The van der Waals surface area contributed by atoms with Crippen molar-refractivity contribution in [1.29, 1.82) is 0 Å². The molecule has 0 amide bonds. The fourth-order valence-corrected chi connectivity index (χ4v) is 4.66. The lowest BCUT2D eigenvalue weighted by molar-refractivity contribution is -0.0901. The molecule has 2 fully saturated rings. The summed E-state index contributed by atoms with van der Waals surface area (Å²) in [5.41, 5.74) is 6.52. The van der Waals surface area contributed by atoms with Gasteiger partial charge >= 0.3 is 0 Å². The summed E-state index contributed by atoms with van der Waals surface area (Å²) in [5, 5.41) is 0. The molecule has 116 valence electrons. The molecule has 1 spiro atoms. The minimum Gasteiger partial charge on any atom is -0.496 e. The second-order valence-corrected chi connectivity index (χ2v) is 7.87. The molecule has 5 heteroatoms. The molecule has 0 aromatic heterocycles. The van der Waals surface area contributed by atoms with Gasteiger partial charge in [0.05, 0.1) is 16.1 Å². The highest BCUT2D eigenvalue weighted by Crippen LogP contribution is 2.53. The minimum absolute atomic E-state index is 0.199. The molecule has 0 aliphatic heterocycles. The van der Waals surface area contributed by atoms with Crippen LogP contribution in [0.1, 0.15) is 38.5 Å². The van der Waals surface area contributed by atoms with Crippen LogP contribution in [0.2, 0.25) is 0 Å². The highest BCUT2D eigenvalue weighted by Gasteiger charge is 2.55. The van der Waals surface area contributed by atoms with Gasteiger partial charge in [-0.25, -0.2) is 0 Å². The number of methoxy groups -OCH3 is 1. The Morgan fingerprint density at radius 1 is 1.10 bits per heavy atom. The van der Waals surface area contributed by atoms with Crippen LogP contribution < -0.4 is 15.2 Å². The second kappa shape index (κ2) is 6.09. The van der Waals surface area contributed by atoms with E-state index in [1.807, 2.05) is 12.1 Å². The summed E-state index contributed by atoms with van der Waals surface area (Å²) in [6.07, 6.45) is 7.49. The fourth-order valence-electron chi connectivity index (χ4n) is 3.76. The van der Waals surface area contributed by atoms with Crippen LogP contribution in [0.4, 0.5) is 0 Å². The Morgan fingerprint density at radius 3 is 2.33 bits per heavy atom. The molecule has 2 unspecified atom stereocenters. The van der Waals surface area contributed by atoms with Crippen LogP contribution >= 0.6 is 31.9 Å². The van der Waals surface area contributed by atoms with Gasteiger partial charge in [-0.2, -0.15) is 0 Å². The van der Waals surface area contributed by atoms with Crippen molar-refractivity contribution < 1.29 is 9.47 Å². The molecule has 0 heterocycles. The first-order chi connectivity index (χ1) is 10.1. The molecule has 2 aliphatic rings. The molecule has 2 N–H and O–H groups in total. The molecule has 21 heavy (non-hydrogen) atoms. The average Bonchev–Trinajstić information content (AvgIpc) is 2.50. The van der Waals surface area contributed by atoms with Gasteiger partial charge in [-0.15, -0.1) is 0 Å². The van der Waals surface area contributed by atoms with Crippen molar-refractivity contribution in [2.75, 3.05) is 7.11 Å². The first kappa shape index (κ1) is 15.6. The smallest absolute Gasteiger partial charge is 0.135 e.